The molecule has 0 nitrogen and oxygen atoms in total. The summed E-state index contributed by atoms with van der Waals surface area (Å²) in [5, 5.41) is 0. The van der Waals surface area contributed by atoms with Crippen molar-refractivity contribution in [2.75, 3.05) is 6.66 Å². The van der Waals surface area contributed by atoms with Crippen molar-refractivity contribution in [2.45, 2.75) is 96.6 Å². The van der Waals surface area contributed by atoms with Gasteiger partial charge in [0.05, 0.1) is 0 Å². The van der Waals surface area contributed by atoms with Gasteiger partial charge < -0.3 is 0 Å². The van der Waals surface area contributed by atoms with E-state index in [4.69, 9.17) is 0 Å². The second-order valence-corrected chi connectivity index (χ2v) is 6.79. The lowest BCUT2D eigenvalue weighted by molar-refractivity contribution is 0.547. The Morgan fingerprint density at radius 2 is 1.12 bits per heavy atom. The van der Waals surface area contributed by atoms with E-state index in [1.807, 2.05) is 0 Å². The molecule has 0 amide bonds. The Morgan fingerprint density at radius 3 is 1.65 bits per heavy atom. The van der Waals surface area contributed by atoms with Crippen LogP contribution in [0.4, 0.5) is 0 Å². The molecule has 104 valence electrons. The minimum atomic E-state index is 1.05. The van der Waals surface area contributed by atoms with E-state index < -0.39 is 0 Å². The van der Waals surface area contributed by atoms with E-state index in [1.165, 1.54) is 85.6 Å². The van der Waals surface area contributed by atoms with Crippen molar-refractivity contribution in [3.8, 4) is 0 Å². The van der Waals surface area contributed by atoms with Crippen LogP contribution in [-0.2, 0) is 0 Å². The Bertz CT molecular complexity index is 133. The molecule has 1 heteroatoms. The van der Waals surface area contributed by atoms with Crippen LogP contribution in [0.5, 0.6) is 0 Å². The van der Waals surface area contributed by atoms with E-state index in [0.29, 0.717) is 0 Å². The summed E-state index contributed by atoms with van der Waals surface area (Å²) < 4.78 is 0. The van der Waals surface area contributed by atoms with Crippen molar-refractivity contribution in [2.24, 2.45) is 0 Å². The molecule has 0 rings (SSSR count). The average Bonchev–Trinajstić information content (AvgIpc) is 2.36. The Kier molecular flexibility index (Phi) is 14.9. The predicted octanol–water partition coefficient (Wildman–Crippen LogP) is 6.38. The Labute approximate surface area is 112 Å². The number of unbranched alkanes of at least 4 members (excludes halogenated alkanes) is 8. The van der Waals surface area contributed by atoms with E-state index in [2.05, 4.69) is 20.5 Å². The van der Waals surface area contributed by atoms with Gasteiger partial charge in [-0.3, -0.25) is 0 Å². The Balaban J connectivity index is 3.19. The molecule has 17 heavy (non-hydrogen) atoms. The van der Waals surface area contributed by atoms with Crippen LogP contribution in [-0.4, -0.2) is 12.3 Å². The Morgan fingerprint density at radius 1 is 0.647 bits per heavy atom. The van der Waals surface area contributed by atoms with E-state index >= 15 is 0 Å². The molecule has 0 aliphatic heterocycles. The molecule has 0 N–H and O–H groups in total. The van der Waals surface area contributed by atoms with E-state index in [9.17, 15) is 0 Å². The molecular formula is C16H35P. The zero-order valence-corrected chi connectivity index (χ0v) is 13.6. The molecule has 0 radical (unpaired) electrons. The summed E-state index contributed by atoms with van der Waals surface area (Å²) in [4.78, 5) is 0. The van der Waals surface area contributed by atoms with Crippen molar-refractivity contribution in [3.63, 3.8) is 0 Å². The molecule has 0 spiro atoms. The van der Waals surface area contributed by atoms with Crippen LogP contribution in [0, 0.1) is 0 Å². The van der Waals surface area contributed by atoms with Crippen LogP contribution in [0.3, 0.4) is 0 Å². The van der Waals surface area contributed by atoms with Crippen molar-refractivity contribution < 1.29 is 0 Å². The molecule has 0 saturated carbocycles. The molecule has 0 heterocycles. The number of hydrogen-bond acceptors (Lipinski definition) is 0. The molecule has 0 fully saturated rings. The highest BCUT2D eigenvalue weighted by atomic mass is 31.1. The summed E-state index contributed by atoms with van der Waals surface area (Å²) in [5.41, 5.74) is 1.05. The first-order valence-electron chi connectivity index (χ1n) is 8.02. The van der Waals surface area contributed by atoms with E-state index in [1.54, 1.807) is 0 Å². The topological polar surface area (TPSA) is 0 Å². The van der Waals surface area contributed by atoms with E-state index in [-0.39, 0.29) is 0 Å². The normalized spacial score (nSPS) is 13.6. The first-order valence-corrected chi connectivity index (χ1v) is 9.60. The zero-order chi connectivity index (χ0) is 12.8. The van der Waals surface area contributed by atoms with Crippen LogP contribution < -0.4 is 0 Å². The lowest BCUT2D eigenvalue weighted by atomic mass is 10.0. The summed E-state index contributed by atoms with van der Waals surface area (Å²) in [6.45, 7) is 7.00. The fraction of sp³-hybridized carbons (Fsp3) is 1.00. The van der Waals surface area contributed by atoms with Gasteiger partial charge in [-0.15, -0.1) is 8.58 Å². The molecule has 0 bridgehead atoms. The van der Waals surface area contributed by atoms with Gasteiger partial charge in [-0.1, -0.05) is 78.1 Å². The summed E-state index contributed by atoms with van der Waals surface area (Å²) in [5.74, 6) is 0. The highest BCUT2D eigenvalue weighted by Crippen LogP contribution is 2.25. The molecule has 2 unspecified atom stereocenters. The maximum Gasteiger partial charge on any atom is -0.0239 e. The summed E-state index contributed by atoms with van der Waals surface area (Å²) in [6.07, 6.45) is 17.5. The third-order valence-corrected chi connectivity index (χ3v) is 5.11. The van der Waals surface area contributed by atoms with Gasteiger partial charge in [-0.25, -0.2) is 0 Å². The largest absolute Gasteiger partial charge is 0.122 e. The lowest BCUT2D eigenvalue weighted by Crippen LogP contribution is -2.00. The monoisotopic (exact) mass is 258 g/mol. The standard InChI is InChI=1S/C16H35P/c1-4-6-8-9-10-11-12-13-15-16(17-3)14-7-5-2/h16-17H,4-15H2,1-3H3. The quantitative estimate of drug-likeness (QED) is 0.265. The second kappa shape index (κ2) is 14.5. The van der Waals surface area contributed by atoms with Gasteiger partial charge in [0.1, 0.15) is 0 Å². The van der Waals surface area contributed by atoms with Gasteiger partial charge in [0.15, 0.2) is 0 Å². The third kappa shape index (κ3) is 12.7. The molecule has 2 atom stereocenters. The van der Waals surface area contributed by atoms with Gasteiger partial charge in [-0.05, 0) is 25.2 Å². The maximum absolute atomic E-state index is 2.39. The van der Waals surface area contributed by atoms with Crippen LogP contribution in [0.1, 0.15) is 90.9 Å². The summed E-state index contributed by atoms with van der Waals surface area (Å²) in [7, 11) is 1.17. The predicted molar refractivity (Wildman–Crippen MR) is 84.8 cm³/mol. The highest BCUT2D eigenvalue weighted by molar-refractivity contribution is 7.37. The minimum Gasteiger partial charge on any atom is -0.122 e. The molecule has 0 aliphatic carbocycles. The number of rotatable bonds is 13. The SMILES string of the molecule is CCCCCCCCCCC(CCCC)PC. The molecule has 0 saturated heterocycles. The second-order valence-electron chi connectivity index (χ2n) is 5.39. The first-order chi connectivity index (χ1) is 8.35. The van der Waals surface area contributed by atoms with Gasteiger partial charge in [0, 0.05) is 0 Å². The van der Waals surface area contributed by atoms with Crippen LogP contribution >= 0.6 is 8.58 Å². The molecular weight excluding hydrogens is 223 g/mol. The van der Waals surface area contributed by atoms with Crippen molar-refractivity contribution in [1.82, 2.24) is 0 Å². The average molecular weight is 258 g/mol. The third-order valence-electron chi connectivity index (χ3n) is 3.72. The number of hydrogen-bond donors (Lipinski definition) is 0. The fourth-order valence-corrected chi connectivity index (χ4v) is 3.39. The maximum atomic E-state index is 2.39. The molecule has 0 aromatic heterocycles. The van der Waals surface area contributed by atoms with Crippen LogP contribution in [0.15, 0.2) is 0 Å². The summed E-state index contributed by atoms with van der Waals surface area (Å²) in [6, 6.07) is 0. The van der Waals surface area contributed by atoms with E-state index in [0.717, 1.165) is 5.66 Å². The smallest absolute Gasteiger partial charge is 0.0239 e. The molecule has 0 aliphatic rings. The van der Waals surface area contributed by atoms with Crippen molar-refractivity contribution in [3.05, 3.63) is 0 Å². The van der Waals surface area contributed by atoms with Crippen molar-refractivity contribution >= 4 is 8.58 Å². The summed E-state index contributed by atoms with van der Waals surface area (Å²) >= 11 is 0. The minimum absolute atomic E-state index is 1.05. The van der Waals surface area contributed by atoms with Gasteiger partial charge >= 0.3 is 0 Å². The van der Waals surface area contributed by atoms with Gasteiger partial charge in [0.25, 0.3) is 0 Å². The molecule has 0 aromatic carbocycles. The molecule has 0 aromatic rings. The zero-order valence-electron chi connectivity index (χ0n) is 12.6. The highest BCUT2D eigenvalue weighted by Gasteiger charge is 2.04. The van der Waals surface area contributed by atoms with Crippen LogP contribution in [0.25, 0.3) is 0 Å². The lowest BCUT2D eigenvalue weighted by Gasteiger charge is -2.13. The van der Waals surface area contributed by atoms with Crippen molar-refractivity contribution in [1.29, 1.82) is 0 Å². The van der Waals surface area contributed by atoms with Crippen LogP contribution in [0.2, 0.25) is 0 Å². The first kappa shape index (κ1) is 17.4. The Hall–Kier alpha value is 0.430. The van der Waals surface area contributed by atoms with Gasteiger partial charge in [0.2, 0.25) is 0 Å². The van der Waals surface area contributed by atoms with Gasteiger partial charge in [-0.2, -0.15) is 0 Å². The fourth-order valence-electron chi connectivity index (χ4n) is 2.41.